The molecule has 0 amide bonds. The molecule has 20 heavy (non-hydrogen) atoms. The summed E-state index contributed by atoms with van der Waals surface area (Å²) in [5.41, 5.74) is 1.19. The van der Waals surface area contributed by atoms with Crippen LogP contribution in [-0.2, 0) is 11.3 Å². The summed E-state index contributed by atoms with van der Waals surface area (Å²) >= 11 is 0. The summed E-state index contributed by atoms with van der Waals surface area (Å²) in [5, 5.41) is 3.41. The van der Waals surface area contributed by atoms with Crippen LogP contribution in [0.3, 0.4) is 0 Å². The van der Waals surface area contributed by atoms with Gasteiger partial charge in [-0.2, -0.15) is 0 Å². The van der Waals surface area contributed by atoms with Crippen LogP contribution in [0, 0.1) is 5.92 Å². The molecule has 114 valence electrons. The van der Waals surface area contributed by atoms with E-state index in [9.17, 15) is 0 Å². The molecule has 0 heterocycles. The number of hydrogen-bond acceptors (Lipinski definition) is 3. The number of para-hydroxylation sites is 1. The molecule has 1 N–H and O–H groups in total. The Morgan fingerprint density at radius 1 is 1.00 bits per heavy atom. The van der Waals surface area contributed by atoms with Gasteiger partial charge < -0.3 is 14.8 Å². The van der Waals surface area contributed by atoms with Gasteiger partial charge >= 0.3 is 0 Å². The maximum Gasteiger partial charge on any atom is 0.123 e. The molecule has 1 unspecified atom stereocenters. The van der Waals surface area contributed by atoms with Crippen molar-refractivity contribution in [2.45, 2.75) is 53.3 Å². The van der Waals surface area contributed by atoms with Crippen molar-refractivity contribution >= 4 is 0 Å². The first-order valence-electron chi connectivity index (χ1n) is 7.56. The highest BCUT2D eigenvalue weighted by Crippen LogP contribution is 2.18. The van der Waals surface area contributed by atoms with Crippen molar-refractivity contribution in [3.8, 4) is 5.75 Å². The SMILES string of the molecule is CC(C)NCc1ccccc1OCCOC(C)C(C)C. The topological polar surface area (TPSA) is 30.5 Å². The number of hydrogen-bond donors (Lipinski definition) is 1. The summed E-state index contributed by atoms with van der Waals surface area (Å²) in [6, 6.07) is 8.64. The lowest BCUT2D eigenvalue weighted by atomic mass is 10.1. The summed E-state index contributed by atoms with van der Waals surface area (Å²) < 4.78 is 11.6. The first kappa shape index (κ1) is 17.0. The highest BCUT2D eigenvalue weighted by atomic mass is 16.5. The molecule has 0 aliphatic heterocycles. The second kappa shape index (κ2) is 8.98. The Bertz CT molecular complexity index is 377. The van der Waals surface area contributed by atoms with Gasteiger partial charge in [0.1, 0.15) is 12.4 Å². The average Bonchev–Trinajstić information content (AvgIpc) is 2.41. The van der Waals surface area contributed by atoms with Gasteiger partial charge in [0.25, 0.3) is 0 Å². The summed E-state index contributed by atoms with van der Waals surface area (Å²) in [6.07, 6.45) is 0.274. The van der Waals surface area contributed by atoms with E-state index >= 15 is 0 Å². The van der Waals surface area contributed by atoms with Crippen molar-refractivity contribution in [1.29, 1.82) is 0 Å². The van der Waals surface area contributed by atoms with Gasteiger partial charge in [-0.1, -0.05) is 45.9 Å². The molecular formula is C17H29NO2. The molecule has 1 rings (SSSR count). The van der Waals surface area contributed by atoms with Crippen molar-refractivity contribution in [2.75, 3.05) is 13.2 Å². The fourth-order valence-corrected chi connectivity index (χ4v) is 1.68. The minimum absolute atomic E-state index is 0.274. The highest BCUT2D eigenvalue weighted by molar-refractivity contribution is 5.33. The van der Waals surface area contributed by atoms with Crippen LogP contribution in [0.2, 0.25) is 0 Å². The fraction of sp³-hybridized carbons (Fsp3) is 0.647. The Hall–Kier alpha value is -1.06. The molecule has 0 bridgehead atoms. The van der Waals surface area contributed by atoms with Crippen LogP contribution in [0.1, 0.15) is 40.2 Å². The minimum Gasteiger partial charge on any atom is -0.491 e. The molecule has 0 saturated heterocycles. The number of rotatable bonds is 9. The van der Waals surface area contributed by atoms with Crippen LogP contribution in [0.4, 0.5) is 0 Å². The van der Waals surface area contributed by atoms with E-state index in [2.05, 4.69) is 46.0 Å². The molecule has 0 fully saturated rings. The Balaban J connectivity index is 2.39. The van der Waals surface area contributed by atoms with E-state index < -0.39 is 0 Å². The van der Waals surface area contributed by atoms with Gasteiger partial charge in [0.2, 0.25) is 0 Å². The predicted octanol–water partition coefficient (Wildman–Crippen LogP) is 3.62. The van der Waals surface area contributed by atoms with E-state index in [1.54, 1.807) is 0 Å². The van der Waals surface area contributed by atoms with Gasteiger partial charge in [0.15, 0.2) is 0 Å². The molecule has 0 aromatic heterocycles. The van der Waals surface area contributed by atoms with Crippen molar-refractivity contribution in [3.05, 3.63) is 29.8 Å². The van der Waals surface area contributed by atoms with Gasteiger partial charge in [-0.25, -0.2) is 0 Å². The highest BCUT2D eigenvalue weighted by Gasteiger charge is 2.07. The quantitative estimate of drug-likeness (QED) is 0.700. The maximum absolute atomic E-state index is 5.83. The van der Waals surface area contributed by atoms with E-state index in [-0.39, 0.29) is 6.10 Å². The third-order valence-corrected chi connectivity index (χ3v) is 3.33. The lowest BCUT2D eigenvalue weighted by Gasteiger charge is -2.17. The normalized spacial score (nSPS) is 12.9. The molecule has 0 spiro atoms. The lowest BCUT2D eigenvalue weighted by molar-refractivity contribution is 0.0186. The van der Waals surface area contributed by atoms with E-state index in [0.717, 1.165) is 12.3 Å². The molecule has 1 atom stereocenters. The zero-order valence-corrected chi connectivity index (χ0v) is 13.5. The first-order valence-corrected chi connectivity index (χ1v) is 7.56. The van der Waals surface area contributed by atoms with E-state index in [1.165, 1.54) is 5.56 Å². The molecule has 1 aromatic carbocycles. The van der Waals surface area contributed by atoms with Crippen LogP contribution < -0.4 is 10.1 Å². The average molecular weight is 279 g/mol. The maximum atomic E-state index is 5.83. The third-order valence-electron chi connectivity index (χ3n) is 3.33. The monoisotopic (exact) mass is 279 g/mol. The number of benzene rings is 1. The van der Waals surface area contributed by atoms with Crippen molar-refractivity contribution in [3.63, 3.8) is 0 Å². The molecule has 0 saturated carbocycles. The Morgan fingerprint density at radius 3 is 2.35 bits per heavy atom. The predicted molar refractivity (Wildman–Crippen MR) is 84.2 cm³/mol. The van der Waals surface area contributed by atoms with Crippen molar-refractivity contribution < 1.29 is 9.47 Å². The zero-order valence-electron chi connectivity index (χ0n) is 13.5. The largest absolute Gasteiger partial charge is 0.491 e. The smallest absolute Gasteiger partial charge is 0.123 e. The molecule has 3 heteroatoms. The zero-order chi connectivity index (χ0) is 15.0. The molecule has 1 aromatic rings. The first-order chi connectivity index (χ1) is 9.50. The Kier molecular flexibility index (Phi) is 7.63. The number of ether oxygens (including phenoxy) is 2. The summed E-state index contributed by atoms with van der Waals surface area (Å²) in [7, 11) is 0. The molecule has 0 radical (unpaired) electrons. The summed E-state index contributed by atoms with van der Waals surface area (Å²) in [4.78, 5) is 0. The summed E-state index contributed by atoms with van der Waals surface area (Å²) in [6.45, 7) is 12.8. The standard InChI is InChI=1S/C17H29NO2/c1-13(2)15(5)19-10-11-20-17-9-7-6-8-16(17)12-18-14(3)4/h6-9,13-15,18H,10-12H2,1-5H3. The third kappa shape index (κ3) is 6.40. The van der Waals surface area contributed by atoms with Gasteiger partial charge in [-0.3, -0.25) is 0 Å². The second-order valence-corrected chi connectivity index (χ2v) is 5.81. The lowest BCUT2D eigenvalue weighted by Crippen LogP contribution is -2.22. The molecule has 3 nitrogen and oxygen atoms in total. The Morgan fingerprint density at radius 2 is 1.70 bits per heavy atom. The van der Waals surface area contributed by atoms with Crippen molar-refractivity contribution in [2.24, 2.45) is 5.92 Å². The van der Waals surface area contributed by atoms with E-state index in [4.69, 9.17) is 9.47 Å². The van der Waals surface area contributed by atoms with Crippen LogP contribution in [0.15, 0.2) is 24.3 Å². The van der Waals surface area contributed by atoms with Crippen molar-refractivity contribution in [1.82, 2.24) is 5.32 Å². The van der Waals surface area contributed by atoms with Crippen LogP contribution in [0.25, 0.3) is 0 Å². The van der Waals surface area contributed by atoms with E-state index in [0.29, 0.717) is 25.2 Å². The van der Waals surface area contributed by atoms with Crippen LogP contribution in [0.5, 0.6) is 5.75 Å². The Labute approximate surface area is 123 Å². The van der Waals surface area contributed by atoms with Gasteiger partial charge in [0, 0.05) is 18.2 Å². The van der Waals surface area contributed by atoms with Gasteiger partial charge in [0.05, 0.1) is 12.7 Å². The van der Waals surface area contributed by atoms with Crippen LogP contribution in [-0.4, -0.2) is 25.4 Å². The van der Waals surface area contributed by atoms with Crippen LogP contribution >= 0.6 is 0 Å². The van der Waals surface area contributed by atoms with Gasteiger partial charge in [-0.05, 0) is 18.9 Å². The molecule has 0 aliphatic carbocycles. The second-order valence-electron chi connectivity index (χ2n) is 5.81. The minimum atomic E-state index is 0.274. The molecule has 0 aliphatic rings. The summed E-state index contributed by atoms with van der Waals surface area (Å²) in [5.74, 6) is 1.49. The van der Waals surface area contributed by atoms with Gasteiger partial charge in [-0.15, -0.1) is 0 Å². The number of nitrogens with one attached hydrogen (secondary N) is 1. The fourth-order valence-electron chi connectivity index (χ4n) is 1.68. The molecular weight excluding hydrogens is 250 g/mol. The van der Waals surface area contributed by atoms with E-state index in [1.807, 2.05) is 18.2 Å².